The van der Waals surface area contributed by atoms with Crippen LogP contribution in [0.3, 0.4) is 0 Å². The van der Waals surface area contributed by atoms with Crippen LogP contribution >= 0.6 is 0 Å². The van der Waals surface area contributed by atoms with Crippen LogP contribution < -0.4 is 9.64 Å². The van der Waals surface area contributed by atoms with E-state index in [1.165, 1.54) is 11.8 Å². The maximum Gasteiger partial charge on any atom is 0.415 e. The Labute approximate surface area is 118 Å². The van der Waals surface area contributed by atoms with Crippen LogP contribution in [0.15, 0.2) is 18.2 Å². The summed E-state index contributed by atoms with van der Waals surface area (Å²) in [5, 5.41) is 0. The zero-order valence-corrected chi connectivity index (χ0v) is 12.2. The first-order valence-electron chi connectivity index (χ1n) is 6.56. The molecule has 1 aromatic rings. The Balaban J connectivity index is 2.33. The Kier molecular flexibility index (Phi) is 3.70. The molecule has 0 radical (unpaired) electrons. The lowest BCUT2D eigenvalue weighted by atomic mass is 10.1. The van der Waals surface area contributed by atoms with E-state index in [9.17, 15) is 9.59 Å². The lowest BCUT2D eigenvalue weighted by Crippen LogP contribution is -2.41. The van der Waals surface area contributed by atoms with Crippen molar-refractivity contribution < 1.29 is 19.1 Å². The molecular weight excluding hydrogens is 258 g/mol. The Morgan fingerprint density at radius 2 is 2.00 bits per heavy atom. The van der Waals surface area contributed by atoms with Crippen LogP contribution in [0.25, 0.3) is 0 Å². The van der Waals surface area contributed by atoms with Crippen LogP contribution in [-0.2, 0) is 4.74 Å². The Morgan fingerprint density at radius 1 is 1.30 bits per heavy atom. The summed E-state index contributed by atoms with van der Waals surface area (Å²) >= 11 is 0. The average Bonchev–Trinajstić information content (AvgIpc) is 2.35. The molecule has 0 saturated heterocycles. The molecular formula is C15H19NO4. The van der Waals surface area contributed by atoms with Gasteiger partial charge in [0.1, 0.15) is 18.0 Å². The third-order valence-corrected chi connectivity index (χ3v) is 2.84. The Bertz CT molecular complexity index is 545. The lowest BCUT2D eigenvalue weighted by Gasteiger charge is -2.31. The van der Waals surface area contributed by atoms with Crippen molar-refractivity contribution >= 4 is 17.6 Å². The van der Waals surface area contributed by atoms with Crippen molar-refractivity contribution in [1.29, 1.82) is 0 Å². The van der Waals surface area contributed by atoms with E-state index in [0.29, 0.717) is 30.2 Å². The second-order valence-electron chi connectivity index (χ2n) is 5.72. The van der Waals surface area contributed by atoms with Crippen molar-refractivity contribution in [3.63, 3.8) is 0 Å². The molecule has 0 atom stereocenters. The topological polar surface area (TPSA) is 55.8 Å². The van der Waals surface area contributed by atoms with Crippen LogP contribution in [0.2, 0.25) is 0 Å². The maximum atomic E-state index is 12.2. The van der Waals surface area contributed by atoms with Gasteiger partial charge in [-0.05, 0) is 45.9 Å². The molecule has 1 aliphatic rings. The minimum absolute atomic E-state index is 0.0532. The summed E-state index contributed by atoms with van der Waals surface area (Å²) < 4.78 is 10.9. The molecule has 0 fully saturated rings. The summed E-state index contributed by atoms with van der Waals surface area (Å²) in [5.74, 6) is 0.537. The zero-order chi connectivity index (χ0) is 14.9. The highest BCUT2D eigenvalue weighted by Crippen LogP contribution is 2.33. The SMILES string of the molecule is CC(=O)c1ccc2c(c1)N(C(=O)OC(C)(C)C)CCO2. The van der Waals surface area contributed by atoms with Gasteiger partial charge in [-0.25, -0.2) is 4.79 Å². The number of hydrogen-bond acceptors (Lipinski definition) is 4. The quantitative estimate of drug-likeness (QED) is 0.740. The van der Waals surface area contributed by atoms with Gasteiger partial charge in [-0.15, -0.1) is 0 Å². The molecule has 0 saturated carbocycles. The van der Waals surface area contributed by atoms with Gasteiger partial charge < -0.3 is 9.47 Å². The van der Waals surface area contributed by atoms with Crippen LogP contribution in [-0.4, -0.2) is 30.6 Å². The first-order chi connectivity index (χ1) is 9.28. The van der Waals surface area contributed by atoms with Gasteiger partial charge in [0.2, 0.25) is 0 Å². The predicted molar refractivity (Wildman–Crippen MR) is 75.5 cm³/mol. The van der Waals surface area contributed by atoms with Gasteiger partial charge in [0.15, 0.2) is 5.78 Å². The number of carbonyl (C=O) groups excluding carboxylic acids is 2. The smallest absolute Gasteiger partial charge is 0.415 e. The summed E-state index contributed by atoms with van der Waals surface area (Å²) in [6.45, 7) is 7.76. The number of ether oxygens (including phenoxy) is 2. The Morgan fingerprint density at radius 3 is 2.60 bits per heavy atom. The number of hydrogen-bond donors (Lipinski definition) is 0. The molecule has 2 rings (SSSR count). The van der Waals surface area contributed by atoms with Crippen LogP contribution in [0.5, 0.6) is 5.75 Å². The fraction of sp³-hybridized carbons (Fsp3) is 0.467. The van der Waals surface area contributed by atoms with Gasteiger partial charge in [-0.1, -0.05) is 0 Å². The third-order valence-electron chi connectivity index (χ3n) is 2.84. The van der Waals surface area contributed by atoms with Crippen molar-refractivity contribution in [3.05, 3.63) is 23.8 Å². The highest BCUT2D eigenvalue weighted by Gasteiger charge is 2.28. The minimum atomic E-state index is -0.562. The minimum Gasteiger partial charge on any atom is -0.490 e. The summed E-state index contributed by atoms with van der Waals surface area (Å²) in [6.07, 6.45) is -0.428. The van der Waals surface area contributed by atoms with Crippen molar-refractivity contribution in [2.45, 2.75) is 33.3 Å². The van der Waals surface area contributed by atoms with Crippen molar-refractivity contribution in [3.8, 4) is 5.75 Å². The highest BCUT2D eigenvalue weighted by atomic mass is 16.6. The summed E-state index contributed by atoms with van der Waals surface area (Å²) in [5.41, 5.74) is 0.564. The molecule has 1 heterocycles. The maximum absolute atomic E-state index is 12.2. The Hall–Kier alpha value is -2.04. The number of Topliss-reactive ketones (excluding diaryl/α,β-unsaturated/α-hetero) is 1. The standard InChI is InChI=1S/C15H19NO4/c1-10(17)11-5-6-13-12(9-11)16(7-8-19-13)14(18)20-15(2,3)4/h5-6,9H,7-8H2,1-4H3. The molecule has 0 aromatic heterocycles. The van der Waals surface area contributed by atoms with E-state index in [4.69, 9.17) is 9.47 Å². The number of nitrogens with zero attached hydrogens (tertiary/aromatic N) is 1. The number of amides is 1. The first kappa shape index (κ1) is 14.4. The zero-order valence-electron chi connectivity index (χ0n) is 12.2. The fourth-order valence-electron chi connectivity index (χ4n) is 1.94. The number of carbonyl (C=O) groups is 2. The molecule has 1 aliphatic heterocycles. The molecule has 20 heavy (non-hydrogen) atoms. The molecule has 5 nitrogen and oxygen atoms in total. The monoisotopic (exact) mass is 277 g/mol. The van der Waals surface area contributed by atoms with Crippen LogP contribution in [0, 0.1) is 0 Å². The average molecular weight is 277 g/mol. The summed E-state index contributed by atoms with van der Waals surface area (Å²) in [4.78, 5) is 25.2. The normalized spacial score (nSPS) is 14.3. The predicted octanol–water partition coefficient (Wildman–Crippen LogP) is 3.02. The number of rotatable bonds is 1. The molecule has 0 spiro atoms. The molecule has 0 N–H and O–H groups in total. The van der Waals surface area contributed by atoms with Gasteiger partial charge in [-0.3, -0.25) is 9.69 Å². The van der Waals surface area contributed by atoms with Gasteiger partial charge in [-0.2, -0.15) is 0 Å². The second kappa shape index (κ2) is 5.15. The lowest BCUT2D eigenvalue weighted by molar-refractivity contribution is 0.0567. The first-order valence-corrected chi connectivity index (χ1v) is 6.56. The van der Waals surface area contributed by atoms with E-state index in [-0.39, 0.29) is 5.78 Å². The van der Waals surface area contributed by atoms with Crippen LogP contribution in [0.4, 0.5) is 10.5 Å². The van der Waals surface area contributed by atoms with Gasteiger partial charge in [0, 0.05) is 5.56 Å². The molecule has 0 bridgehead atoms. The molecule has 108 valence electrons. The number of fused-ring (bicyclic) bond motifs is 1. The largest absolute Gasteiger partial charge is 0.490 e. The molecule has 1 amide bonds. The van der Waals surface area contributed by atoms with Gasteiger partial charge in [0.05, 0.1) is 12.2 Å². The summed E-state index contributed by atoms with van der Waals surface area (Å²) in [6, 6.07) is 5.07. The van der Waals surface area contributed by atoms with Crippen molar-refractivity contribution in [1.82, 2.24) is 0 Å². The van der Waals surface area contributed by atoms with E-state index in [1.54, 1.807) is 18.2 Å². The van der Waals surface area contributed by atoms with Crippen molar-refractivity contribution in [2.75, 3.05) is 18.1 Å². The molecule has 5 heteroatoms. The van der Waals surface area contributed by atoms with Gasteiger partial charge in [0.25, 0.3) is 0 Å². The molecule has 0 aliphatic carbocycles. The highest BCUT2D eigenvalue weighted by molar-refractivity contribution is 5.98. The third kappa shape index (κ3) is 3.10. The van der Waals surface area contributed by atoms with E-state index in [2.05, 4.69) is 0 Å². The summed E-state index contributed by atoms with van der Waals surface area (Å²) in [7, 11) is 0. The van der Waals surface area contributed by atoms with E-state index < -0.39 is 11.7 Å². The number of anilines is 1. The number of benzene rings is 1. The van der Waals surface area contributed by atoms with E-state index in [0.717, 1.165) is 0 Å². The molecule has 1 aromatic carbocycles. The van der Waals surface area contributed by atoms with E-state index in [1.807, 2.05) is 20.8 Å². The fourth-order valence-corrected chi connectivity index (χ4v) is 1.94. The van der Waals surface area contributed by atoms with Crippen molar-refractivity contribution in [2.24, 2.45) is 0 Å². The van der Waals surface area contributed by atoms with Crippen LogP contribution in [0.1, 0.15) is 38.1 Å². The second-order valence-corrected chi connectivity index (χ2v) is 5.72. The molecule has 0 unspecified atom stereocenters. The van der Waals surface area contributed by atoms with Gasteiger partial charge >= 0.3 is 6.09 Å². The number of ketones is 1. The van der Waals surface area contributed by atoms with E-state index >= 15 is 0 Å².